The summed E-state index contributed by atoms with van der Waals surface area (Å²) in [4.78, 5) is 24.8. The summed E-state index contributed by atoms with van der Waals surface area (Å²) < 4.78 is 0. The molecule has 8 heteroatoms. The first-order valence-electron chi connectivity index (χ1n) is 8.78. The zero-order chi connectivity index (χ0) is 18.8. The van der Waals surface area contributed by atoms with Gasteiger partial charge in [0.05, 0.1) is 11.1 Å². The number of carbonyl (C=O) groups excluding carboxylic acids is 1. The maximum atomic E-state index is 12.3. The first kappa shape index (κ1) is 18.6. The van der Waals surface area contributed by atoms with E-state index in [0.717, 1.165) is 33.6 Å². The van der Waals surface area contributed by atoms with Crippen LogP contribution in [0.1, 0.15) is 23.3 Å². The average Bonchev–Trinajstić information content (AvgIpc) is 3.05. The number of benzene rings is 1. The lowest BCUT2D eigenvalue weighted by atomic mass is 9.97. The van der Waals surface area contributed by atoms with Gasteiger partial charge in [-0.25, -0.2) is 9.97 Å². The average molecular weight is 417 g/mol. The second-order valence-corrected chi connectivity index (χ2v) is 9.26. The largest absolute Gasteiger partial charge is 0.383 e. The van der Waals surface area contributed by atoms with E-state index in [1.54, 1.807) is 23.1 Å². The zero-order valence-corrected chi connectivity index (χ0v) is 17.4. The molecule has 4 rings (SSSR count). The number of carbonyl (C=O) groups is 1. The van der Waals surface area contributed by atoms with Gasteiger partial charge in [-0.05, 0) is 55.7 Å². The van der Waals surface area contributed by atoms with Crippen LogP contribution < -0.4 is 11.1 Å². The van der Waals surface area contributed by atoms with Crippen LogP contribution in [-0.2, 0) is 17.6 Å². The van der Waals surface area contributed by atoms with Crippen LogP contribution in [0.25, 0.3) is 10.2 Å². The van der Waals surface area contributed by atoms with Crippen LogP contribution in [0.4, 0.5) is 11.5 Å². The minimum Gasteiger partial charge on any atom is -0.383 e. The van der Waals surface area contributed by atoms with Gasteiger partial charge in [0.1, 0.15) is 10.6 Å². The minimum atomic E-state index is -0.0778. The van der Waals surface area contributed by atoms with Crippen LogP contribution in [0.15, 0.2) is 34.3 Å². The lowest BCUT2D eigenvalue weighted by Gasteiger charge is -2.10. The number of nitrogens with one attached hydrogen (secondary N) is 1. The van der Waals surface area contributed by atoms with E-state index in [-0.39, 0.29) is 11.7 Å². The molecule has 1 amide bonds. The summed E-state index contributed by atoms with van der Waals surface area (Å²) >= 11 is 4.69. The molecule has 3 N–H and O–H groups in total. The van der Waals surface area contributed by atoms with Gasteiger partial charge in [0.25, 0.3) is 0 Å². The van der Waals surface area contributed by atoms with Crippen molar-refractivity contribution in [3.63, 3.8) is 0 Å². The molecule has 2 heterocycles. The van der Waals surface area contributed by atoms with Crippen LogP contribution in [-0.4, -0.2) is 27.9 Å². The van der Waals surface area contributed by atoms with Crippen LogP contribution in [0.5, 0.6) is 0 Å². The van der Waals surface area contributed by atoms with Gasteiger partial charge in [0.2, 0.25) is 5.91 Å². The third-order valence-electron chi connectivity index (χ3n) is 4.51. The maximum Gasteiger partial charge on any atom is 0.234 e. The fourth-order valence-electron chi connectivity index (χ4n) is 3.26. The molecule has 27 heavy (non-hydrogen) atoms. The number of aromatic nitrogens is 2. The number of rotatable bonds is 5. The Balaban J connectivity index is 1.46. The van der Waals surface area contributed by atoms with Crippen molar-refractivity contribution in [1.82, 2.24) is 9.97 Å². The summed E-state index contributed by atoms with van der Waals surface area (Å²) in [5.74, 6) is 0.709. The van der Waals surface area contributed by atoms with Gasteiger partial charge in [-0.1, -0.05) is 17.8 Å². The molecule has 2 aromatic heterocycles. The Bertz CT molecular complexity index is 1000. The summed E-state index contributed by atoms with van der Waals surface area (Å²) in [5.41, 5.74) is 8.36. The number of amides is 1. The Morgan fingerprint density at radius 2 is 2.15 bits per heavy atom. The smallest absolute Gasteiger partial charge is 0.234 e. The number of hydrogen-bond donors (Lipinski definition) is 2. The fourth-order valence-corrected chi connectivity index (χ4v) is 5.70. The number of fused-ring (bicyclic) bond motifs is 3. The number of anilines is 2. The number of hydrogen-bond acceptors (Lipinski definition) is 7. The molecule has 0 unspecified atom stereocenters. The monoisotopic (exact) mass is 416 g/mol. The summed E-state index contributed by atoms with van der Waals surface area (Å²) in [6.45, 7) is 0. The molecule has 1 aliphatic rings. The topological polar surface area (TPSA) is 80.9 Å². The van der Waals surface area contributed by atoms with Crippen molar-refractivity contribution >= 4 is 62.5 Å². The van der Waals surface area contributed by atoms with Crippen LogP contribution >= 0.6 is 34.9 Å². The minimum absolute atomic E-state index is 0.0778. The molecule has 5 nitrogen and oxygen atoms in total. The third-order valence-corrected chi connectivity index (χ3v) is 7.27. The van der Waals surface area contributed by atoms with Crippen LogP contribution in [0, 0.1) is 0 Å². The molecule has 0 fully saturated rings. The van der Waals surface area contributed by atoms with Crippen molar-refractivity contribution in [1.29, 1.82) is 0 Å². The molecule has 0 atom stereocenters. The molecule has 0 saturated heterocycles. The van der Waals surface area contributed by atoms with E-state index in [9.17, 15) is 4.79 Å². The number of aryl methyl sites for hydroxylation is 2. The van der Waals surface area contributed by atoms with Crippen molar-refractivity contribution < 1.29 is 4.79 Å². The number of nitrogen functional groups attached to an aromatic ring is 1. The van der Waals surface area contributed by atoms with Gasteiger partial charge in [0.15, 0.2) is 5.16 Å². The molecule has 1 aromatic carbocycles. The van der Waals surface area contributed by atoms with Crippen molar-refractivity contribution in [3.8, 4) is 0 Å². The van der Waals surface area contributed by atoms with E-state index in [4.69, 9.17) is 5.73 Å². The fraction of sp³-hybridized carbons (Fsp3) is 0.316. The second kappa shape index (κ2) is 8.08. The Labute approximate surface area is 170 Å². The lowest BCUT2D eigenvalue weighted by molar-refractivity contribution is -0.113. The SMILES string of the molecule is CSc1cccc(NC(=O)CSc2nc(N)c3c4c(sc3n2)CCCC4)c1. The van der Waals surface area contributed by atoms with Gasteiger partial charge >= 0.3 is 0 Å². The quantitative estimate of drug-likeness (QED) is 0.467. The second-order valence-electron chi connectivity index (χ2n) is 6.35. The Morgan fingerprint density at radius 1 is 1.30 bits per heavy atom. The summed E-state index contributed by atoms with van der Waals surface area (Å²) in [5, 5.41) is 4.51. The molecule has 3 aromatic rings. The predicted octanol–water partition coefficient (Wildman–Crippen LogP) is 4.61. The molecule has 140 valence electrons. The Hall–Kier alpha value is -1.77. The first-order valence-corrected chi connectivity index (χ1v) is 11.8. The molecule has 0 aliphatic heterocycles. The van der Waals surface area contributed by atoms with Gasteiger partial charge in [-0.15, -0.1) is 23.1 Å². The highest BCUT2D eigenvalue weighted by Crippen LogP contribution is 2.38. The summed E-state index contributed by atoms with van der Waals surface area (Å²) in [6.07, 6.45) is 6.61. The van der Waals surface area contributed by atoms with Crippen LogP contribution in [0.3, 0.4) is 0 Å². The number of thioether (sulfide) groups is 2. The maximum absolute atomic E-state index is 12.3. The van der Waals surface area contributed by atoms with Crippen molar-refractivity contribution in [2.75, 3.05) is 23.1 Å². The van der Waals surface area contributed by atoms with Gasteiger partial charge in [0, 0.05) is 15.5 Å². The molecular formula is C19H20N4OS3. The van der Waals surface area contributed by atoms with E-state index in [0.29, 0.717) is 11.0 Å². The first-order chi connectivity index (χ1) is 13.1. The van der Waals surface area contributed by atoms with Gasteiger partial charge in [-0.3, -0.25) is 4.79 Å². The Kier molecular flexibility index (Phi) is 5.56. The standard InChI is InChI=1S/C19H20N4OS3/c1-25-12-6-4-5-11(9-12)21-15(24)10-26-19-22-17(20)16-13-7-2-3-8-14(13)27-18(16)23-19/h4-6,9H,2-3,7-8,10H2,1H3,(H,21,24)(H2,20,22,23). The van der Waals surface area contributed by atoms with E-state index in [1.165, 1.54) is 35.0 Å². The molecule has 0 bridgehead atoms. The lowest BCUT2D eigenvalue weighted by Crippen LogP contribution is -2.14. The number of nitrogens with two attached hydrogens (primary N) is 1. The Morgan fingerprint density at radius 3 is 3.00 bits per heavy atom. The summed E-state index contributed by atoms with van der Waals surface area (Å²) in [6, 6.07) is 7.80. The molecule has 0 radical (unpaired) electrons. The third kappa shape index (κ3) is 4.07. The van der Waals surface area contributed by atoms with E-state index in [2.05, 4.69) is 15.3 Å². The number of nitrogens with zero attached hydrogens (tertiary/aromatic N) is 2. The normalized spacial score (nSPS) is 13.5. The van der Waals surface area contributed by atoms with Crippen molar-refractivity contribution in [2.24, 2.45) is 0 Å². The van der Waals surface area contributed by atoms with E-state index in [1.807, 2.05) is 30.5 Å². The predicted molar refractivity (Wildman–Crippen MR) is 116 cm³/mol. The highest BCUT2D eigenvalue weighted by molar-refractivity contribution is 7.99. The van der Waals surface area contributed by atoms with E-state index < -0.39 is 0 Å². The number of thiophene rings is 1. The highest BCUT2D eigenvalue weighted by atomic mass is 32.2. The van der Waals surface area contributed by atoms with Crippen molar-refractivity contribution in [2.45, 2.75) is 35.7 Å². The molecule has 0 spiro atoms. The van der Waals surface area contributed by atoms with Gasteiger partial charge in [-0.2, -0.15) is 0 Å². The highest BCUT2D eigenvalue weighted by Gasteiger charge is 2.20. The van der Waals surface area contributed by atoms with Gasteiger partial charge < -0.3 is 11.1 Å². The molecule has 0 saturated carbocycles. The molecular weight excluding hydrogens is 396 g/mol. The molecule has 1 aliphatic carbocycles. The van der Waals surface area contributed by atoms with Crippen molar-refractivity contribution in [3.05, 3.63) is 34.7 Å². The summed E-state index contributed by atoms with van der Waals surface area (Å²) in [7, 11) is 0. The van der Waals surface area contributed by atoms with Crippen LogP contribution in [0.2, 0.25) is 0 Å². The zero-order valence-electron chi connectivity index (χ0n) is 14.9. The van der Waals surface area contributed by atoms with E-state index >= 15 is 0 Å².